The molecule has 2 aliphatic carbocycles. The Bertz CT molecular complexity index is 460. The molecule has 0 saturated heterocycles. The lowest BCUT2D eigenvalue weighted by Crippen LogP contribution is -2.15. The van der Waals surface area contributed by atoms with E-state index in [9.17, 15) is 14.5 Å². The van der Waals surface area contributed by atoms with Crippen molar-refractivity contribution in [2.75, 3.05) is 18.9 Å². The molecule has 0 heterocycles. The second kappa shape index (κ2) is 9.03. The Labute approximate surface area is 140 Å². The maximum absolute atomic E-state index is 13.2. The summed E-state index contributed by atoms with van der Waals surface area (Å²) < 4.78 is 18.8. The molecular formula is C18H31O4P. The molecule has 1 unspecified atom stereocenters. The summed E-state index contributed by atoms with van der Waals surface area (Å²) in [7, 11) is -2.90. The van der Waals surface area contributed by atoms with Crippen LogP contribution in [0.5, 0.6) is 0 Å². The second-order valence-corrected chi connectivity index (χ2v) is 9.69. The van der Waals surface area contributed by atoms with Crippen molar-refractivity contribution >= 4 is 13.3 Å². The fourth-order valence-corrected chi connectivity index (χ4v) is 6.73. The van der Waals surface area contributed by atoms with E-state index in [2.05, 4.69) is 0 Å². The zero-order valence-corrected chi connectivity index (χ0v) is 15.2. The first-order chi connectivity index (χ1) is 11.0. The average Bonchev–Trinajstić information content (AvgIpc) is 3.00. The first kappa shape index (κ1) is 18.7. The molecule has 5 heteroatoms. The predicted molar refractivity (Wildman–Crippen MR) is 93.2 cm³/mol. The van der Waals surface area contributed by atoms with Crippen LogP contribution in [0.15, 0.2) is 11.6 Å². The number of carboxylic acids is 1. The largest absolute Gasteiger partial charge is 0.478 e. The second-order valence-electron chi connectivity index (χ2n) is 7.12. The average molecular weight is 342 g/mol. The highest BCUT2D eigenvalue weighted by molar-refractivity contribution is 7.59. The molecule has 4 nitrogen and oxygen atoms in total. The van der Waals surface area contributed by atoms with Crippen molar-refractivity contribution < 1.29 is 19.0 Å². The van der Waals surface area contributed by atoms with Crippen molar-refractivity contribution in [3.05, 3.63) is 11.6 Å². The quantitative estimate of drug-likeness (QED) is 0.493. The Morgan fingerprint density at radius 2 is 1.74 bits per heavy atom. The van der Waals surface area contributed by atoms with Crippen LogP contribution < -0.4 is 0 Å². The van der Waals surface area contributed by atoms with Crippen molar-refractivity contribution in [1.82, 2.24) is 0 Å². The van der Waals surface area contributed by atoms with E-state index in [1.165, 1.54) is 32.1 Å². The SMILES string of the molecule is CCOP(=O)(C/C(=C\C1CCCCC1)C(=O)O)CC1CCCC1. The lowest BCUT2D eigenvalue weighted by molar-refractivity contribution is -0.132. The van der Waals surface area contributed by atoms with Gasteiger partial charge in [-0.25, -0.2) is 4.79 Å². The molecular weight excluding hydrogens is 311 g/mol. The zero-order chi connectivity index (χ0) is 16.7. The van der Waals surface area contributed by atoms with Gasteiger partial charge in [0.15, 0.2) is 0 Å². The van der Waals surface area contributed by atoms with Gasteiger partial charge in [0, 0.05) is 11.7 Å². The molecule has 2 aliphatic rings. The fourth-order valence-electron chi connectivity index (χ4n) is 4.02. The highest BCUT2D eigenvalue weighted by atomic mass is 31.2. The Kier molecular flexibility index (Phi) is 7.36. The summed E-state index contributed by atoms with van der Waals surface area (Å²) in [6.45, 7) is 2.23. The van der Waals surface area contributed by atoms with E-state index >= 15 is 0 Å². The van der Waals surface area contributed by atoms with Crippen LogP contribution >= 0.6 is 7.37 Å². The van der Waals surface area contributed by atoms with Gasteiger partial charge in [0.25, 0.3) is 0 Å². The van der Waals surface area contributed by atoms with Crippen LogP contribution in [0.1, 0.15) is 64.7 Å². The van der Waals surface area contributed by atoms with Gasteiger partial charge in [0.2, 0.25) is 7.37 Å². The Morgan fingerprint density at radius 3 is 2.30 bits per heavy atom. The molecule has 0 aromatic carbocycles. The van der Waals surface area contributed by atoms with Crippen LogP contribution in [0.25, 0.3) is 0 Å². The molecule has 132 valence electrons. The van der Waals surface area contributed by atoms with E-state index in [1.54, 1.807) is 0 Å². The van der Waals surface area contributed by atoms with E-state index in [4.69, 9.17) is 4.52 Å². The van der Waals surface area contributed by atoms with Crippen LogP contribution in [-0.2, 0) is 13.9 Å². The highest BCUT2D eigenvalue weighted by Crippen LogP contribution is 2.52. The molecule has 0 radical (unpaired) electrons. The minimum atomic E-state index is -2.90. The summed E-state index contributed by atoms with van der Waals surface area (Å²) in [5.74, 6) is -0.157. The van der Waals surface area contributed by atoms with E-state index in [1.807, 2.05) is 13.0 Å². The van der Waals surface area contributed by atoms with Crippen molar-refractivity contribution in [2.24, 2.45) is 11.8 Å². The van der Waals surface area contributed by atoms with Gasteiger partial charge in [0.05, 0.1) is 12.8 Å². The Morgan fingerprint density at radius 1 is 1.13 bits per heavy atom. The van der Waals surface area contributed by atoms with Gasteiger partial charge in [0.1, 0.15) is 0 Å². The number of rotatable bonds is 8. The van der Waals surface area contributed by atoms with Gasteiger partial charge >= 0.3 is 5.97 Å². The minimum absolute atomic E-state index is 0.100. The number of carboxylic acid groups (broad SMARTS) is 1. The minimum Gasteiger partial charge on any atom is -0.478 e. The topological polar surface area (TPSA) is 63.6 Å². The van der Waals surface area contributed by atoms with E-state index in [-0.39, 0.29) is 6.16 Å². The number of carbonyl (C=O) groups is 1. The predicted octanol–water partition coefficient (Wildman–Crippen LogP) is 5.08. The summed E-state index contributed by atoms with van der Waals surface area (Å²) in [5.41, 5.74) is 0.312. The van der Waals surface area contributed by atoms with Gasteiger partial charge < -0.3 is 9.63 Å². The molecule has 23 heavy (non-hydrogen) atoms. The molecule has 0 bridgehead atoms. The molecule has 1 N–H and O–H groups in total. The monoisotopic (exact) mass is 342 g/mol. The maximum atomic E-state index is 13.2. The standard InChI is InChI=1S/C18H31O4P/c1-2-22-23(21,13-16-10-6-7-11-16)14-17(18(19)20)12-15-8-4-3-5-9-15/h12,15-16H,2-11,13-14H2,1H3,(H,19,20)/b17-12+. The van der Waals surface area contributed by atoms with Crippen LogP contribution in [0.4, 0.5) is 0 Å². The molecule has 2 fully saturated rings. The van der Waals surface area contributed by atoms with Crippen LogP contribution in [-0.4, -0.2) is 30.0 Å². The van der Waals surface area contributed by atoms with E-state index < -0.39 is 13.3 Å². The first-order valence-corrected chi connectivity index (χ1v) is 11.2. The van der Waals surface area contributed by atoms with Gasteiger partial charge in [-0.1, -0.05) is 38.2 Å². The number of allylic oxidation sites excluding steroid dienone is 1. The van der Waals surface area contributed by atoms with Crippen molar-refractivity contribution in [3.63, 3.8) is 0 Å². The summed E-state index contributed by atoms with van der Waals surface area (Å²) in [6.07, 6.45) is 12.8. The van der Waals surface area contributed by atoms with E-state index in [0.29, 0.717) is 30.2 Å². The molecule has 0 aliphatic heterocycles. The molecule has 1 atom stereocenters. The maximum Gasteiger partial charge on any atom is 0.331 e. The third-order valence-corrected chi connectivity index (χ3v) is 7.77. The lowest BCUT2D eigenvalue weighted by Gasteiger charge is -2.23. The van der Waals surface area contributed by atoms with E-state index in [0.717, 1.165) is 25.7 Å². The molecule has 0 amide bonds. The first-order valence-electron chi connectivity index (χ1n) is 9.19. The summed E-state index contributed by atoms with van der Waals surface area (Å²) in [4.78, 5) is 11.6. The Hall–Kier alpha value is -0.600. The van der Waals surface area contributed by atoms with Gasteiger partial charge in [-0.3, -0.25) is 4.57 Å². The van der Waals surface area contributed by atoms with Gasteiger partial charge in [-0.05, 0) is 44.4 Å². The number of aliphatic carboxylic acids is 1. The third-order valence-electron chi connectivity index (χ3n) is 5.15. The number of hydrogen-bond donors (Lipinski definition) is 1. The lowest BCUT2D eigenvalue weighted by atomic mass is 9.88. The highest BCUT2D eigenvalue weighted by Gasteiger charge is 2.32. The van der Waals surface area contributed by atoms with Crippen molar-refractivity contribution in [2.45, 2.75) is 64.7 Å². The van der Waals surface area contributed by atoms with Crippen LogP contribution in [0.2, 0.25) is 0 Å². The normalized spacial score (nSPS) is 23.8. The molecule has 0 aromatic heterocycles. The smallest absolute Gasteiger partial charge is 0.331 e. The molecule has 0 spiro atoms. The van der Waals surface area contributed by atoms with Gasteiger partial charge in [-0.2, -0.15) is 0 Å². The third kappa shape index (κ3) is 6.08. The molecule has 0 aromatic rings. The van der Waals surface area contributed by atoms with Crippen LogP contribution in [0.3, 0.4) is 0 Å². The summed E-state index contributed by atoms with van der Waals surface area (Å²) in [6, 6.07) is 0. The fraction of sp³-hybridized carbons (Fsp3) is 0.833. The van der Waals surface area contributed by atoms with Crippen molar-refractivity contribution in [1.29, 1.82) is 0 Å². The number of hydrogen-bond acceptors (Lipinski definition) is 3. The molecule has 2 rings (SSSR count). The summed E-state index contributed by atoms with van der Waals surface area (Å²) in [5, 5.41) is 9.55. The van der Waals surface area contributed by atoms with Crippen LogP contribution in [0, 0.1) is 11.8 Å². The Balaban J connectivity index is 2.07. The van der Waals surface area contributed by atoms with Crippen molar-refractivity contribution in [3.8, 4) is 0 Å². The summed E-state index contributed by atoms with van der Waals surface area (Å²) >= 11 is 0. The zero-order valence-electron chi connectivity index (χ0n) is 14.3. The van der Waals surface area contributed by atoms with Gasteiger partial charge in [-0.15, -0.1) is 0 Å². The molecule has 2 saturated carbocycles.